The van der Waals surface area contributed by atoms with Gasteiger partial charge in [-0.15, -0.1) is 21.6 Å². The molecular weight excluding hydrogens is 821 g/mol. The third-order valence-electron chi connectivity index (χ3n) is 7.01. The van der Waals surface area contributed by atoms with Crippen molar-refractivity contribution in [1.29, 1.82) is 0 Å². The van der Waals surface area contributed by atoms with Gasteiger partial charge in [-0.05, 0) is 48.5 Å². The SMILES string of the molecule is Cc1[n-]n(-c2ccccc2)c(=O)c1N=Nc1cc(S(N)(=O)=O)ccc1[O-].Cc1[n-]n(-c2ccccc2)c(=O)c1N=Nc1cc(S(N)(=O)=O)ccc1[O-].[Co+2].[Na+].[Na+]. The largest absolute Gasteiger partial charge is 2.00 e. The molecule has 0 aliphatic rings. The maximum absolute atomic E-state index is 12.5. The number of azo groups is 2. The number of hydrogen-bond donors (Lipinski definition) is 2. The molecule has 0 bridgehead atoms. The van der Waals surface area contributed by atoms with Crippen LogP contribution in [0.2, 0.25) is 0 Å². The van der Waals surface area contributed by atoms with Gasteiger partial charge in [-0.1, -0.05) is 73.9 Å². The van der Waals surface area contributed by atoms with E-state index in [0.29, 0.717) is 22.8 Å². The molecule has 18 nitrogen and oxygen atoms in total. The van der Waals surface area contributed by atoms with Crippen LogP contribution in [0.15, 0.2) is 137 Å². The number of sulfonamides is 2. The fraction of sp³-hybridized carbons (Fsp3) is 0.0625. The van der Waals surface area contributed by atoms with Crippen molar-refractivity contribution in [3.63, 3.8) is 0 Å². The molecule has 6 aromatic rings. The van der Waals surface area contributed by atoms with Crippen molar-refractivity contribution >= 4 is 42.8 Å². The van der Waals surface area contributed by atoms with Gasteiger partial charge in [0.25, 0.3) is 11.1 Å². The summed E-state index contributed by atoms with van der Waals surface area (Å²) in [5.41, 5.74) is 0.148. The fourth-order valence-electron chi connectivity index (χ4n) is 4.43. The van der Waals surface area contributed by atoms with Crippen molar-refractivity contribution in [3.05, 3.63) is 129 Å². The average Bonchev–Trinajstić information content (AvgIpc) is 3.56. The van der Waals surface area contributed by atoms with E-state index in [1.165, 1.54) is 9.36 Å². The second kappa shape index (κ2) is 19.8. The normalized spacial score (nSPS) is 11.3. The average molecular weight is 848 g/mol. The topological polar surface area (TPSA) is 288 Å². The zero-order valence-electron chi connectivity index (χ0n) is 29.4. The first-order valence-corrected chi connectivity index (χ1v) is 17.8. The van der Waals surface area contributed by atoms with Crippen LogP contribution in [0.1, 0.15) is 11.4 Å². The van der Waals surface area contributed by atoms with Crippen LogP contribution in [0.5, 0.6) is 11.5 Å². The molecule has 2 aromatic heterocycles. The van der Waals surface area contributed by atoms with E-state index in [1.807, 2.05) is 0 Å². The van der Waals surface area contributed by atoms with E-state index in [1.54, 1.807) is 74.5 Å². The number of primary sulfonamides is 2. The molecule has 23 heteroatoms. The van der Waals surface area contributed by atoms with Crippen LogP contribution in [-0.4, -0.2) is 26.2 Å². The summed E-state index contributed by atoms with van der Waals surface area (Å²) in [6.45, 7) is 3.15. The molecule has 6 rings (SSSR count). The van der Waals surface area contributed by atoms with Gasteiger partial charge in [-0.3, -0.25) is 9.59 Å². The van der Waals surface area contributed by atoms with Crippen LogP contribution in [0.25, 0.3) is 11.4 Å². The summed E-state index contributed by atoms with van der Waals surface area (Å²) >= 11 is 0. The van der Waals surface area contributed by atoms with Crippen molar-refractivity contribution < 1.29 is 103 Å². The number of hydrogen-bond acceptors (Lipinski definition) is 12. The predicted octanol–water partition coefficient (Wildman–Crippen LogP) is -3.52. The van der Waals surface area contributed by atoms with E-state index in [2.05, 4.69) is 30.7 Å². The van der Waals surface area contributed by atoms with Gasteiger partial charge in [-0.25, -0.2) is 27.1 Å². The first-order valence-electron chi connectivity index (χ1n) is 14.7. The molecule has 1 radical (unpaired) electrons. The maximum atomic E-state index is 12.5. The number of aryl methyl sites for hydroxylation is 2. The van der Waals surface area contributed by atoms with Crippen LogP contribution in [0, 0.1) is 13.8 Å². The smallest absolute Gasteiger partial charge is 0.871 e. The molecule has 275 valence electrons. The molecule has 0 saturated carbocycles. The van der Waals surface area contributed by atoms with Crippen molar-refractivity contribution in [2.24, 2.45) is 30.7 Å². The Morgan fingerprint density at radius 2 is 0.891 bits per heavy atom. The zero-order valence-corrected chi connectivity index (χ0v) is 36.1. The summed E-state index contributed by atoms with van der Waals surface area (Å²) in [6, 6.07) is 23.7. The number of nitrogens with two attached hydrogens (primary N) is 2. The third kappa shape index (κ3) is 11.5. The van der Waals surface area contributed by atoms with Crippen molar-refractivity contribution in [3.8, 4) is 22.9 Å². The van der Waals surface area contributed by atoms with Gasteiger partial charge in [0.15, 0.2) is 0 Å². The molecule has 55 heavy (non-hydrogen) atoms. The quantitative estimate of drug-likeness (QED) is 0.113. The standard InChI is InChI=1S/2C16H15N5O4S.Co.2Na/c2*1-10-15(16(23)21(20-10)11-5-3-2-4-6-11)19-18-13-9-12(26(17,24)25)7-8-14(13)22;;;/h2*2-9H,1H3,(H4,17,18,19,20,22,23,24,25);;;/q;;+2;2*+1/p-4. The van der Waals surface area contributed by atoms with E-state index in [4.69, 9.17) is 10.3 Å². The van der Waals surface area contributed by atoms with E-state index >= 15 is 0 Å². The van der Waals surface area contributed by atoms with Crippen LogP contribution in [0.4, 0.5) is 22.7 Å². The molecule has 4 aromatic carbocycles. The predicted molar refractivity (Wildman–Crippen MR) is 183 cm³/mol. The van der Waals surface area contributed by atoms with Crippen molar-refractivity contribution in [1.82, 2.24) is 19.6 Å². The molecule has 0 fully saturated rings. The Bertz CT molecular complexity index is 2500. The van der Waals surface area contributed by atoms with Gasteiger partial charge in [-0.2, -0.15) is 10.2 Å². The van der Waals surface area contributed by atoms with Crippen LogP contribution in [0.3, 0.4) is 0 Å². The molecule has 0 spiro atoms. The number of nitrogens with zero attached hydrogens (tertiary/aromatic N) is 8. The summed E-state index contributed by atoms with van der Waals surface area (Å²) in [7, 11) is -7.98. The summed E-state index contributed by atoms with van der Waals surface area (Å²) in [4.78, 5) is 24.4. The molecule has 0 saturated heterocycles. The summed E-state index contributed by atoms with van der Waals surface area (Å²) in [5, 5.41) is 57.0. The van der Waals surface area contributed by atoms with Crippen molar-refractivity contribution in [2.75, 3.05) is 0 Å². The second-order valence-electron chi connectivity index (χ2n) is 10.7. The molecule has 0 amide bonds. The Morgan fingerprint density at radius 3 is 1.20 bits per heavy atom. The minimum absolute atomic E-state index is 0. The number of para-hydroxylation sites is 2. The number of benzene rings is 4. The Balaban J connectivity index is 0.000000360. The van der Waals surface area contributed by atoms with Gasteiger partial charge in [0.05, 0.1) is 21.2 Å². The van der Waals surface area contributed by atoms with Crippen molar-refractivity contribution in [2.45, 2.75) is 23.6 Å². The Morgan fingerprint density at radius 1 is 0.564 bits per heavy atom. The minimum atomic E-state index is -3.99. The first-order chi connectivity index (χ1) is 24.5. The van der Waals surface area contributed by atoms with E-state index in [9.17, 15) is 36.6 Å². The maximum Gasteiger partial charge on any atom is 2.00 e. The minimum Gasteiger partial charge on any atom is -0.871 e. The summed E-state index contributed by atoms with van der Waals surface area (Å²) in [6.07, 6.45) is 0. The van der Waals surface area contributed by atoms with Gasteiger partial charge in [0.1, 0.15) is 11.4 Å². The molecule has 0 aliphatic heterocycles. The Labute approximate surface area is 368 Å². The van der Waals surface area contributed by atoms with E-state index in [-0.39, 0.29) is 108 Å². The number of aromatic nitrogens is 4. The Kier molecular flexibility index (Phi) is 16.9. The number of rotatable bonds is 8. The molecule has 0 unspecified atom stereocenters. The monoisotopic (exact) mass is 847 g/mol. The van der Waals surface area contributed by atoms with Crippen LogP contribution < -0.4 is 101 Å². The fourth-order valence-corrected chi connectivity index (χ4v) is 5.49. The molecule has 4 N–H and O–H groups in total. The summed E-state index contributed by atoms with van der Waals surface area (Å²) < 4.78 is 47.9. The Hall–Kier alpha value is -3.97. The zero-order chi connectivity index (χ0) is 37.8. The van der Waals surface area contributed by atoms with E-state index in [0.717, 1.165) is 36.4 Å². The van der Waals surface area contributed by atoms with Crippen LogP contribution >= 0.6 is 0 Å². The van der Waals surface area contributed by atoms with Gasteiger partial charge < -0.3 is 29.8 Å². The first kappa shape index (κ1) is 47.2. The van der Waals surface area contributed by atoms with Crippen LogP contribution in [-0.2, 0) is 36.8 Å². The van der Waals surface area contributed by atoms with Gasteiger partial charge in [0, 0.05) is 11.4 Å². The third-order valence-corrected chi connectivity index (χ3v) is 8.83. The second-order valence-corrected chi connectivity index (χ2v) is 13.8. The molecular formula is C32H26CoN10Na2O8S2. The summed E-state index contributed by atoms with van der Waals surface area (Å²) in [5.74, 6) is -1.11. The molecule has 2 heterocycles. The molecule has 0 atom stereocenters. The van der Waals surface area contributed by atoms with Gasteiger partial charge >= 0.3 is 75.9 Å². The van der Waals surface area contributed by atoms with E-state index < -0.39 is 42.7 Å². The van der Waals surface area contributed by atoms with Gasteiger partial charge in [0.2, 0.25) is 20.0 Å². The molecule has 0 aliphatic carbocycles.